The van der Waals surface area contributed by atoms with E-state index in [1.54, 1.807) is 12.1 Å². The third kappa shape index (κ3) is 2.11. The van der Waals surface area contributed by atoms with Gasteiger partial charge in [-0.2, -0.15) is 13.2 Å². The minimum atomic E-state index is -4.87. The number of aromatic nitrogens is 1. The van der Waals surface area contributed by atoms with Gasteiger partial charge in [-0.15, -0.1) is 0 Å². The molecule has 1 aromatic heterocycles. The van der Waals surface area contributed by atoms with Crippen LogP contribution in [0.5, 0.6) is 5.75 Å². The van der Waals surface area contributed by atoms with Crippen molar-refractivity contribution >= 4 is 16.7 Å². The van der Waals surface area contributed by atoms with Gasteiger partial charge in [-0.25, -0.2) is 0 Å². The number of halogens is 3. The number of aromatic amines is 1. The van der Waals surface area contributed by atoms with Gasteiger partial charge < -0.3 is 9.72 Å². The summed E-state index contributed by atoms with van der Waals surface area (Å²) in [5.74, 6) is -1.38. The lowest BCUT2D eigenvalue weighted by Gasteiger charge is -2.01. The third-order valence-electron chi connectivity index (χ3n) is 2.33. The summed E-state index contributed by atoms with van der Waals surface area (Å²) in [6.45, 7) is 0. The van der Waals surface area contributed by atoms with Crippen LogP contribution in [0.3, 0.4) is 0 Å². The van der Waals surface area contributed by atoms with Gasteiger partial charge in [0.2, 0.25) is 0 Å². The van der Waals surface area contributed by atoms with E-state index in [1.165, 1.54) is 19.2 Å². The van der Waals surface area contributed by atoms with Crippen molar-refractivity contribution in [1.82, 2.24) is 4.98 Å². The first kappa shape index (κ1) is 11.5. The molecule has 2 rings (SSSR count). The fraction of sp³-hybridized carbons (Fsp3) is 0.182. The SMILES string of the molecule is COc1ccc2cc(C(=O)C(F)(F)F)[nH]c2c1. The molecule has 0 saturated heterocycles. The molecule has 0 aliphatic heterocycles. The lowest BCUT2D eigenvalue weighted by atomic mass is 10.2. The van der Waals surface area contributed by atoms with Crippen LogP contribution in [0.1, 0.15) is 10.5 Å². The van der Waals surface area contributed by atoms with Crippen LogP contribution in [-0.2, 0) is 0 Å². The number of ether oxygens (including phenoxy) is 1. The molecule has 6 heteroatoms. The number of methoxy groups -OCH3 is 1. The van der Waals surface area contributed by atoms with E-state index in [-0.39, 0.29) is 0 Å². The third-order valence-corrected chi connectivity index (χ3v) is 2.33. The summed E-state index contributed by atoms with van der Waals surface area (Å²) in [7, 11) is 1.45. The normalized spacial score (nSPS) is 11.8. The number of hydrogen-bond acceptors (Lipinski definition) is 2. The summed E-state index contributed by atoms with van der Waals surface area (Å²) in [5.41, 5.74) is -0.0438. The average molecular weight is 243 g/mol. The van der Waals surface area contributed by atoms with Crippen LogP contribution in [0.25, 0.3) is 10.9 Å². The van der Waals surface area contributed by atoms with E-state index in [0.29, 0.717) is 16.7 Å². The van der Waals surface area contributed by atoms with Crippen molar-refractivity contribution in [1.29, 1.82) is 0 Å². The van der Waals surface area contributed by atoms with Gasteiger partial charge in [-0.3, -0.25) is 4.79 Å². The Hall–Kier alpha value is -1.98. The van der Waals surface area contributed by atoms with Crippen LogP contribution in [0, 0.1) is 0 Å². The monoisotopic (exact) mass is 243 g/mol. The van der Waals surface area contributed by atoms with Gasteiger partial charge in [-0.1, -0.05) is 0 Å². The van der Waals surface area contributed by atoms with E-state index >= 15 is 0 Å². The summed E-state index contributed by atoms with van der Waals surface area (Å²) >= 11 is 0. The number of hydrogen-bond donors (Lipinski definition) is 1. The van der Waals surface area contributed by atoms with Crippen molar-refractivity contribution in [3.63, 3.8) is 0 Å². The first-order valence-corrected chi connectivity index (χ1v) is 4.70. The summed E-state index contributed by atoms with van der Waals surface area (Å²) in [6, 6.07) is 5.89. The first-order valence-electron chi connectivity index (χ1n) is 4.70. The summed E-state index contributed by atoms with van der Waals surface area (Å²) in [6.07, 6.45) is -4.87. The lowest BCUT2D eigenvalue weighted by molar-refractivity contribution is -0.0887. The number of H-pyrrole nitrogens is 1. The Balaban J connectivity index is 2.48. The summed E-state index contributed by atoms with van der Waals surface area (Å²) < 4.78 is 41.6. The molecule has 0 aliphatic carbocycles. The molecule has 1 aromatic carbocycles. The molecular weight excluding hydrogens is 235 g/mol. The van der Waals surface area contributed by atoms with E-state index in [2.05, 4.69) is 4.98 Å². The number of ketones is 1. The van der Waals surface area contributed by atoms with Crippen molar-refractivity contribution in [2.45, 2.75) is 6.18 Å². The molecule has 0 saturated carbocycles. The van der Waals surface area contributed by atoms with Crippen molar-refractivity contribution in [2.75, 3.05) is 7.11 Å². The molecule has 3 nitrogen and oxygen atoms in total. The van der Waals surface area contributed by atoms with E-state index in [4.69, 9.17) is 4.74 Å². The molecular formula is C11H8F3NO2. The molecule has 0 bridgehead atoms. The number of alkyl halides is 3. The Morgan fingerprint density at radius 1 is 1.29 bits per heavy atom. The van der Waals surface area contributed by atoms with Gasteiger partial charge in [0.05, 0.1) is 12.8 Å². The predicted molar refractivity (Wildman–Crippen MR) is 55.2 cm³/mol. The van der Waals surface area contributed by atoms with Crippen LogP contribution in [0.2, 0.25) is 0 Å². The second kappa shape index (κ2) is 3.80. The predicted octanol–water partition coefficient (Wildman–Crippen LogP) is 2.92. The molecule has 0 unspecified atom stereocenters. The standard InChI is InChI=1S/C11H8F3NO2/c1-17-7-3-2-6-4-9(15-8(6)5-7)10(16)11(12,13)14/h2-5,15H,1H3. The molecule has 0 radical (unpaired) electrons. The van der Waals surface area contributed by atoms with Gasteiger partial charge in [0, 0.05) is 17.0 Å². The fourth-order valence-electron chi connectivity index (χ4n) is 1.51. The smallest absolute Gasteiger partial charge is 0.456 e. The number of carbonyl (C=O) groups excluding carboxylic acids is 1. The van der Waals surface area contributed by atoms with E-state index in [1.807, 2.05) is 0 Å². The zero-order valence-corrected chi connectivity index (χ0v) is 8.76. The highest BCUT2D eigenvalue weighted by molar-refractivity contribution is 6.02. The summed E-state index contributed by atoms with van der Waals surface area (Å²) in [4.78, 5) is 13.4. The van der Waals surface area contributed by atoms with E-state index < -0.39 is 17.7 Å². The van der Waals surface area contributed by atoms with Crippen LogP contribution < -0.4 is 4.74 Å². The highest BCUT2D eigenvalue weighted by Crippen LogP contribution is 2.25. The van der Waals surface area contributed by atoms with Gasteiger partial charge in [-0.05, 0) is 18.2 Å². The van der Waals surface area contributed by atoms with Crippen LogP contribution >= 0.6 is 0 Å². The highest BCUT2D eigenvalue weighted by atomic mass is 19.4. The largest absolute Gasteiger partial charge is 0.497 e. The fourth-order valence-corrected chi connectivity index (χ4v) is 1.51. The Labute approximate surface area is 94.2 Å². The number of rotatable bonds is 2. The zero-order chi connectivity index (χ0) is 12.6. The highest BCUT2D eigenvalue weighted by Gasteiger charge is 2.40. The number of Topliss-reactive ketones (excluding diaryl/α,β-unsaturated/α-hetero) is 1. The maximum Gasteiger partial charge on any atom is 0.456 e. The Kier molecular flexibility index (Phi) is 2.57. The van der Waals surface area contributed by atoms with Gasteiger partial charge in [0.1, 0.15) is 5.75 Å². The number of fused-ring (bicyclic) bond motifs is 1. The van der Waals surface area contributed by atoms with Crippen LogP contribution in [0.15, 0.2) is 24.3 Å². The maximum atomic E-state index is 12.2. The molecule has 2 aromatic rings. The Morgan fingerprint density at radius 3 is 2.59 bits per heavy atom. The second-order valence-corrected chi connectivity index (χ2v) is 3.46. The minimum Gasteiger partial charge on any atom is -0.497 e. The van der Waals surface area contributed by atoms with E-state index in [0.717, 1.165) is 0 Å². The summed E-state index contributed by atoms with van der Waals surface area (Å²) in [5, 5.41) is 0.526. The molecule has 1 N–H and O–H groups in total. The number of benzene rings is 1. The molecule has 0 aliphatic rings. The molecule has 0 atom stereocenters. The van der Waals surface area contributed by atoms with Crippen molar-refractivity contribution in [2.24, 2.45) is 0 Å². The number of carbonyl (C=O) groups is 1. The Morgan fingerprint density at radius 2 is 2.00 bits per heavy atom. The zero-order valence-electron chi connectivity index (χ0n) is 8.76. The Bertz CT molecular complexity index is 572. The molecule has 90 valence electrons. The number of nitrogens with one attached hydrogen (secondary N) is 1. The van der Waals surface area contributed by atoms with Crippen molar-refractivity contribution in [3.8, 4) is 5.75 Å². The van der Waals surface area contributed by atoms with Crippen LogP contribution in [0.4, 0.5) is 13.2 Å². The average Bonchev–Trinajstić information content (AvgIpc) is 2.68. The van der Waals surface area contributed by atoms with Crippen LogP contribution in [-0.4, -0.2) is 24.1 Å². The van der Waals surface area contributed by atoms with Gasteiger partial charge >= 0.3 is 6.18 Å². The second-order valence-electron chi connectivity index (χ2n) is 3.46. The van der Waals surface area contributed by atoms with Gasteiger partial charge in [0.15, 0.2) is 0 Å². The van der Waals surface area contributed by atoms with E-state index in [9.17, 15) is 18.0 Å². The van der Waals surface area contributed by atoms with Crippen molar-refractivity contribution in [3.05, 3.63) is 30.0 Å². The molecule has 0 spiro atoms. The molecule has 1 heterocycles. The van der Waals surface area contributed by atoms with Crippen molar-refractivity contribution < 1.29 is 22.7 Å². The quantitative estimate of drug-likeness (QED) is 0.824. The molecule has 0 fully saturated rings. The lowest BCUT2D eigenvalue weighted by Crippen LogP contribution is -2.22. The molecule has 17 heavy (non-hydrogen) atoms. The topological polar surface area (TPSA) is 42.1 Å². The maximum absolute atomic E-state index is 12.2. The minimum absolute atomic E-state index is 0.428. The first-order chi connectivity index (χ1) is 7.91. The molecule has 0 amide bonds. The van der Waals surface area contributed by atoms with Gasteiger partial charge in [0.25, 0.3) is 5.78 Å².